The van der Waals surface area contributed by atoms with Crippen LogP contribution in [0.1, 0.15) is 63.5 Å². The standard InChI is InChI=1S/2C11H16O.Ba/c2*1-2-3-4-6-10-7-5-8-11(12)9-10;/h2*5,7-9,12H,2-4,6H2,1H3;/q;;+2/p-2. The Morgan fingerprint density at radius 1 is 0.640 bits per heavy atom. The molecule has 0 saturated heterocycles. The van der Waals surface area contributed by atoms with E-state index in [0.29, 0.717) is 0 Å². The maximum atomic E-state index is 10.9. The minimum atomic E-state index is 0. The fraction of sp³-hybridized carbons (Fsp3) is 0.455. The number of aryl methyl sites for hydroxylation is 2. The second kappa shape index (κ2) is 15.8. The fourth-order valence-electron chi connectivity index (χ4n) is 2.56. The third-order valence-electron chi connectivity index (χ3n) is 3.93. The van der Waals surface area contributed by atoms with Crippen molar-refractivity contribution in [3.05, 3.63) is 59.7 Å². The van der Waals surface area contributed by atoms with Crippen molar-refractivity contribution in [3.63, 3.8) is 0 Å². The molecule has 0 spiro atoms. The Morgan fingerprint density at radius 3 is 1.36 bits per heavy atom. The molecule has 0 radical (unpaired) electrons. The Kier molecular flexibility index (Phi) is 15.6. The van der Waals surface area contributed by atoms with Gasteiger partial charge >= 0.3 is 48.9 Å². The van der Waals surface area contributed by atoms with Crippen molar-refractivity contribution >= 4 is 48.9 Å². The van der Waals surface area contributed by atoms with Gasteiger partial charge in [-0.15, -0.1) is 11.5 Å². The van der Waals surface area contributed by atoms with Crippen LogP contribution in [0.15, 0.2) is 48.5 Å². The molecule has 2 aromatic rings. The summed E-state index contributed by atoms with van der Waals surface area (Å²) in [5, 5.41) is 21.8. The predicted octanol–water partition coefficient (Wildman–Crippen LogP) is 4.61. The van der Waals surface area contributed by atoms with Crippen LogP contribution in [0.3, 0.4) is 0 Å². The molecule has 0 aromatic heterocycles. The third-order valence-corrected chi connectivity index (χ3v) is 3.93. The van der Waals surface area contributed by atoms with Gasteiger partial charge in [-0.2, -0.15) is 0 Å². The molecule has 3 heteroatoms. The molecular formula is C22H30BaO2. The number of hydrogen-bond donors (Lipinski definition) is 0. The topological polar surface area (TPSA) is 46.1 Å². The van der Waals surface area contributed by atoms with Gasteiger partial charge in [0.15, 0.2) is 0 Å². The summed E-state index contributed by atoms with van der Waals surface area (Å²) in [5.41, 5.74) is 2.35. The summed E-state index contributed by atoms with van der Waals surface area (Å²) in [6.07, 6.45) is 9.45. The van der Waals surface area contributed by atoms with Gasteiger partial charge < -0.3 is 10.2 Å². The minimum Gasteiger partial charge on any atom is -0.872 e. The van der Waals surface area contributed by atoms with E-state index in [9.17, 15) is 10.2 Å². The van der Waals surface area contributed by atoms with Crippen LogP contribution in [-0.4, -0.2) is 48.9 Å². The van der Waals surface area contributed by atoms with E-state index in [1.54, 1.807) is 24.3 Å². The molecule has 132 valence electrons. The first-order valence-corrected chi connectivity index (χ1v) is 9.17. The number of unbranched alkanes of at least 4 members (excludes halogenated alkanes) is 4. The second-order valence-corrected chi connectivity index (χ2v) is 6.21. The van der Waals surface area contributed by atoms with E-state index >= 15 is 0 Å². The normalized spacial score (nSPS) is 9.68. The number of hydrogen-bond acceptors (Lipinski definition) is 2. The summed E-state index contributed by atoms with van der Waals surface area (Å²) in [5.74, 6) is 0.257. The summed E-state index contributed by atoms with van der Waals surface area (Å²) in [4.78, 5) is 0. The average molecular weight is 464 g/mol. The smallest absolute Gasteiger partial charge is 0.872 e. The maximum absolute atomic E-state index is 10.9. The SMILES string of the molecule is CCCCCc1cccc([O-])c1.CCCCCc1cccc([O-])c1.[Ba+2]. The van der Waals surface area contributed by atoms with Crippen molar-refractivity contribution in [2.24, 2.45) is 0 Å². The minimum absolute atomic E-state index is 0. The van der Waals surface area contributed by atoms with Gasteiger partial charge in [0.05, 0.1) is 0 Å². The van der Waals surface area contributed by atoms with Crippen LogP contribution in [0.2, 0.25) is 0 Å². The zero-order chi connectivity index (χ0) is 17.6. The van der Waals surface area contributed by atoms with Crippen LogP contribution in [0.25, 0.3) is 0 Å². The predicted molar refractivity (Wildman–Crippen MR) is 104 cm³/mol. The van der Waals surface area contributed by atoms with Gasteiger partial charge in [-0.3, -0.25) is 0 Å². The number of benzene rings is 2. The van der Waals surface area contributed by atoms with Crippen molar-refractivity contribution < 1.29 is 10.2 Å². The van der Waals surface area contributed by atoms with Crippen molar-refractivity contribution in [1.29, 1.82) is 0 Å². The summed E-state index contributed by atoms with van der Waals surface area (Å²) in [6, 6.07) is 14.4. The van der Waals surface area contributed by atoms with Crippen LogP contribution >= 0.6 is 0 Å². The van der Waals surface area contributed by atoms with Crippen molar-refractivity contribution in [1.82, 2.24) is 0 Å². The Balaban J connectivity index is 0.000000443. The largest absolute Gasteiger partial charge is 2.00 e. The maximum Gasteiger partial charge on any atom is 2.00 e. The van der Waals surface area contributed by atoms with Crippen LogP contribution in [-0.2, 0) is 12.8 Å². The first-order chi connectivity index (χ1) is 11.7. The second-order valence-electron chi connectivity index (χ2n) is 6.21. The van der Waals surface area contributed by atoms with Crippen molar-refractivity contribution in [2.75, 3.05) is 0 Å². The molecular weight excluding hydrogens is 434 g/mol. The van der Waals surface area contributed by atoms with Crippen LogP contribution in [0.5, 0.6) is 11.5 Å². The summed E-state index contributed by atoms with van der Waals surface area (Å²) < 4.78 is 0. The first kappa shape index (κ1) is 24.6. The van der Waals surface area contributed by atoms with E-state index in [1.807, 2.05) is 24.3 Å². The summed E-state index contributed by atoms with van der Waals surface area (Å²) in [7, 11) is 0. The quantitative estimate of drug-likeness (QED) is 0.424. The van der Waals surface area contributed by atoms with E-state index in [1.165, 1.54) is 49.7 Å². The van der Waals surface area contributed by atoms with E-state index in [2.05, 4.69) is 13.8 Å². The van der Waals surface area contributed by atoms with Gasteiger partial charge in [0, 0.05) is 0 Å². The Hall–Kier alpha value is -0.389. The molecule has 2 rings (SSSR count). The van der Waals surface area contributed by atoms with E-state index < -0.39 is 0 Å². The van der Waals surface area contributed by atoms with Gasteiger partial charge in [-0.1, -0.05) is 88.1 Å². The van der Waals surface area contributed by atoms with E-state index in [4.69, 9.17) is 0 Å². The van der Waals surface area contributed by atoms with Gasteiger partial charge in [0.25, 0.3) is 0 Å². The summed E-state index contributed by atoms with van der Waals surface area (Å²) >= 11 is 0. The van der Waals surface area contributed by atoms with Gasteiger partial charge in [-0.25, -0.2) is 0 Å². The molecule has 0 aliphatic carbocycles. The molecule has 0 unspecified atom stereocenters. The molecule has 25 heavy (non-hydrogen) atoms. The Bertz CT molecular complexity index is 518. The molecule has 0 amide bonds. The Morgan fingerprint density at radius 2 is 1.04 bits per heavy atom. The molecule has 0 bridgehead atoms. The summed E-state index contributed by atoms with van der Waals surface area (Å²) in [6.45, 7) is 4.37. The molecule has 0 N–H and O–H groups in total. The third kappa shape index (κ3) is 12.6. The molecule has 0 aliphatic heterocycles. The van der Waals surface area contributed by atoms with Gasteiger partial charge in [0.2, 0.25) is 0 Å². The number of rotatable bonds is 8. The van der Waals surface area contributed by atoms with Crippen LogP contribution in [0.4, 0.5) is 0 Å². The monoisotopic (exact) mass is 464 g/mol. The van der Waals surface area contributed by atoms with Crippen molar-refractivity contribution in [3.8, 4) is 11.5 Å². The molecule has 0 aliphatic rings. The molecule has 0 atom stereocenters. The molecule has 0 fully saturated rings. The van der Waals surface area contributed by atoms with Crippen molar-refractivity contribution in [2.45, 2.75) is 65.2 Å². The van der Waals surface area contributed by atoms with Gasteiger partial charge in [0.1, 0.15) is 0 Å². The average Bonchev–Trinajstić information content (AvgIpc) is 2.56. The molecule has 2 aromatic carbocycles. The molecule has 0 saturated carbocycles. The molecule has 2 nitrogen and oxygen atoms in total. The first-order valence-electron chi connectivity index (χ1n) is 9.17. The van der Waals surface area contributed by atoms with E-state index in [0.717, 1.165) is 12.8 Å². The fourth-order valence-corrected chi connectivity index (χ4v) is 2.56. The van der Waals surface area contributed by atoms with E-state index in [-0.39, 0.29) is 60.4 Å². The zero-order valence-corrected chi connectivity index (χ0v) is 20.2. The van der Waals surface area contributed by atoms with Crippen LogP contribution < -0.4 is 10.2 Å². The van der Waals surface area contributed by atoms with Crippen LogP contribution in [0, 0.1) is 0 Å². The van der Waals surface area contributed by atoms with Gasteiger partial charge in [-0.05, 0) is 36.8 Å². The Labute approximate surface area is 193 Å². The molecule has 0 heterocycles. The zero-order valence-electron chi connectivity index (χ0n) is 15.8.